The SMILES string of the molecule is CCOCCCC(C)CC(C)Br. The summed E-state index contributed by atoms with van der Waals surface area (Å²) in [5.74, 6) is 0.819. The summed E-state index contributed by atoms with van der Waals surface area (Å²) in [5, 5.41) is 0. The molecule has 74 valence electrons. The lowest BCUT2D eigenvalue weighted by molar-refractivity contribution is 0.139. The molecule has 12 heavy (non-hydrogen) atoms. The summed E-state index contributed by atoms with van der Waals surface area (Å²) in [6.45, 7) is 8.34. The van der Waals surface area contributed by atoms with E-state index in [9.17, 15) is 0 Å². The van der Waals surface area contributed by atoms with Crippen molar-refractivity contribution in [3.63, 3.8) is 0 Å². The van der Waals surface area contributed by atoms with Crippen molar-refractivity contribution in [2.75, 3.05) is 13.2 Å². The first-order valence-corrected chi connectivity index (χ1v) is 5.80. The van der Waals surface area contributed by atoms with Gasteiger partial charge in [-0.25, -0.2) is 0 Å². The van der Waals surface area contributed by atoms with Crippen molar-refractivity contribution in [2.24, 2.45) is 5.92 Å². The largest absolute Gasteiger partial charge is 0.382 e. The molecule has 0 saturated carbocycles. The molecule has 0 aliphatic heterocycles. The van der Waals surface area contributed by atoms with Gasteiger partial charge in [-0.1, -0.05) is 29.8 Å². The Balaban J connectivity index is 3.14. The van der Waals surface area contributed by atoms with Gasteiger partial charge in [0.25, 0.3) is 0 Å². The second-order valence-electron chi connectivity index (χ2n) is 3.46. The van der Waals surface area contributed by atoms with Crippen LogP contribution in [-0.2, 0) is 4.74 Å². The van der Waals surface area contributed by atoms with Gasteiger partial charge in [0.1, 0.15) is 0 Å². The predicted molar refractivity (Wildman–Crippen MR) is 57.9 cm³/mol. The third-order valence-electron chi connectivity index (χ3n) is 1.92. The fraction of sp³-hybridized carbons (Fsp3) is 1.00. The smallest absolute Gasteiger partial charge is 0.0465 e. The first-order valence-electron chi connectivity index (χ1n) is 4.88. The molecule has 0 bridgehead atoms. The number of alkyl halides is 1. The molecule has 0 rings (SSSR count). The molecule has 0 saturated heterocycles. The van der Waals surface area contributed by atoms with Crippen molar-refractivity contribution in [2.45, 2.75) is 44.9 Å². The van der Waals surface area contributed by atoms with Gasteiger partial charge in [0, 0.05) is 18.0 Å². The Morgan fingerprint density at radius 1 is 1.33 bits per heavy atom. The number of halogens is 1. The van der Waals surface area contributed by atoms with Crippen molar-refractivity contribution in [1.29, 1.82) is 0 Å². The van der Waals surface area contributed by atoms with Crippen LogP contribution in [0.15, 0.2) is 0 Å². The van der Waals surface area contributed by atoms with E-state index >= 15 is 0 Å². The summed E-state index contributed by atoms with van der Waals surface area (Å²) in [5.41, 5.74) is 0. The van der Waals surface area contributed by atoms with E-state index < -0.39 is 0 Å². The van der Waals surface area contributed by atoms with Crippen LogP contribution in [0.2, 0.25) is 0 Å². The normalized spacial score (nSPS) is 16.0. The Hall–Kier alpha value is 0.440. The van der Waals surface area contributed by atoms with E-state index in [1.54, 1.807) is 0 Å². The summed E-state index contributed by atoms with van der Waals surface area (Å²) >= 11 is 3.57. The molecule has 0 aromatic rings. The first kappa shape index (κ1) is 12.4. The number of rotatable bonds is 7. The van der Waals surface area contributed by atoms with Gasteiger partial charge in [-0.3, -0.25) is 0 Å². The third kappa shape index (κ3) is 8.54. The Labute approximate surface area is 85.0 Å². The van der Waals surface area contributed by atoms with Crippen LogP contribution in [0.4, 0.5) is 0 Å². The molecule has 0 aliphatic rings. The van der Waals surface area contributed by atoms with Crippen molar-refractivity contribution in [3.05, 3.63) is 0 Å². The molecule has 2 atom stereocenters. The maximum Gasteiger partial charge on any atom is 0.0465 e. The van der Waals surface area contributed by atoms with Gasteiger partial charge >= 0.3 is 0 Å². The summed E-state index contributed by atoms with van der Waals surface area (Å²) in [7, 11) is 0. The van der Waals surface area contributed by atoms with Crippen LogP contribution in [0.1, 0.15) is 40.0 Å². The average molecular weight is 237 g/mol. The topological polar surface area (TPSA) is 9.23 Å². The van der Waals surface area contributed by atoms with E-state index in [2.05, 4.69) is 29.8 Å². The van der Waals surface area contributed by atoms with Crippen molar-refractivity contribution in [3.8, 4) is 0 Å². The minimum atomic E-state index is 0.652. The van der Waals surface area contributed by atoms with Crippen molar-refractivity contribution < 1.29 is 4.74 Å². The molecule has 0 fully saturated rings. The molecule has 0 amide bonds. The van der Waals surface area contributed by atoms with Crippen LogP contribution < -0.4 is 0 Å². The maximum atomic E-state index is 5.28. The van der Waals surface area contributed by atoms with E-state index in [0.717, 1.165) is 19.1 Å². The Bertz CT molecular complexity index is 93.8. The molecule has 0 aromatic heterocycles. The number of hydrogen-bond acceptors (Lipinski definition) is 1. The molecule has 0 radical (unpaired) electrons. The standard InChI is InChI=1S/C10H21BrO/c1-4-12-7-5-6-9(2)8-10(3)11/h9-10H,4-8H2,1-3H3. The highest BCUT2D eigenvalue weighted by Gasteiger charge is 2.05. The summed E-state index contributed by atoms with van der Waals surface area (Å²) < 4.78 is 5.28. The van der Waals surface area contributed by atoms with E-state index in [-0.39, 0.29) is 0 Å². The van der Waals surface area contributed by atoms with Crippen LogP contribution in [0.5, 0.6) is 0 Å². The monoisotopic (exact) mass is 236 g/mol. The second kappa shape index (κ2) is 8.06. The van der Waals surface area contributed by atoms with Gasteiger partial charge in [-0.2, -0.15) is 0 Å². The molecule has 2 unspecified atom stereocenters. The lowest BCUT2D eigenvalue weighted by Gasteiger charge is -2.12. The van der Waals surface area contributed by atoms with E-state index in [1.807, 2.05) is 6.92 Å². The van der Waals surface area contributed by atoms with Gasteiger partial charge in [-0.15, -0.1) is 0 Å². The third-order valence-corrected chi connectivity index (χ3v) is 2.29. The minimum absolute atomic E-state index is 0.652. The first-order chi connectivity index (χ1) is 5.66. The summed E-state index contributed by atoms with van der Waals surface area (Å²) in [6.07, 6.45) is 3.76. The van der Waals surface area contributed by atoms with E-state index in [4.69, 9.17) is 4.74 Å². The highest BCUT2D eigenvalue weighted by atomic mass is 79.9. The van der Waals surface area contributed by atoms with Gasteiger partial charge in [0.2, 0.25) is 0 Å². The van der Waals surface area contributed by atoms with Crippen molar-refractivity contribution >= 4 is 15.9 Å². The molecule has 0 spiro atoms. The van der Waals surface area contributed by atoms with Crippen LogP contribution in [0, 0.1) is 5.92 Å². The molecule has 0 heterocycles. The van der Waals surface area contributed by atoms with Crippen LogP contribution in [0.3, 0.4) is 0 Å². The van der Waals surface area contributed by atoms with Crippen LogP contribution in [0.25, 0.3) is 0 Å². The van der Waals surface area contributed by atoms with Gasteiger partial charge in [-0.05, 0) is 32.1 Å². The van der Waals surface area contributed by atoms with Crippen LogP contribution in [-0.4, -0.2) is 18.0 Å². The quantitative estimate of drug-likeness (QED) is 0.485. The Morgan fingerprint density at radius 3 is 2.50 bits per heavy atom. The number of hydrogen-bond donors (Lipinski definition) is 0. The molecule has 0 N–H and O–H groups in total. The lowest BCUT2D eigenvalue weighted by atomic mass is 10.0. The molecule has 2 heteroatoms. The molecule has 1 nitrogen and oxygen atoms in total. The molecular weight excluding hydrogens is 216 g/mol. The molecular formula is C10H21BrO. The zero-order valence-corrected chi connectivity index (χ0v) is 10.1. The van der Waals surface area contributed by atoms with Gasteiger partial charge in [0.05, 0.1) is 0 Å². The van der Waals surface area contributed by atoms with Crippen LogP contribution >= 0.6 is 15.9 Å². The highest BCUT2D eigenvalue weighted by molar-refractivity contribution is 9.09. The summed E-state index contributed by atoms with van der Waals surface area (Å²) in [4.78, 5) is 0.652. The van der Waals surface area contributed by atoms with Gasteiger partial charge in [0.15, 0.2) is 0 Å². The average Bonchev–Trinajstić information content (AvgIpc) is 1.97. The second-order valence-corrected chi connectivity index (χ2v) is 5.02. The molecule has 0 aromatic carbocycles. The lowest BCUT2D eigenvalue weighted by Crippen LogP contribution is -2.03. The molecule has 0 aliphatic carbocycles. The zero-order valence-electron chi connectivity index (χ0n) is 8.48. The zero-order chi connectivity index (χ0) is 9.40. The Kier molecular flexibility index (Phi) is 8.35. The fourth-order valence-electron chi connectivity index (χ4n) is 1.35. The fourth-order valence-corrected chi connectivity index (χ4v) is 1.99. The summed E-state index contributed by atoms with van der Waals surface area (Å²) in [6, 6.07) is 0. The predicted octanol–water partition coefficient (Wildman–Crippen LogP) is 3.61. The minimum Gasteiger partial charge on any atom is -0.382 e. The van der Waals surface area contributed by atoms with Gasteiger partial charge < -0.3 is 4.74 Å². The van der Waals surface area contributed by atoms with E-state index in [0.29, 0.717) is 4.83 Å². The number of ether oxygens (including phenoxy) is 1. The maximum absolute atomic E-state index is 5.28. The highest BCUT2D eigenvalue weighted by Crippen LogP contribution is 2.16. The Morgan fingerprint density at radius 2 is 2.00 bits per heavy atom. The van der Waals surface area contributed by atoms with Crippen molar-refractivity contribution in [1.82, 2.24) is 0 Å². The van der Waals surface area contributed by atoms with E-state index in [1.165, 1.54) is 19.3 Å².